The Bertz CT molecular complexity index is 666. The van der Waals surface area contributed by atoms with Crippen molar-refractivity contribution < 1.29 is 14.3 Å². The Kier molecular flexibility index (Phi) is 6.18. The Labute approximate surface area is 140 Å². The van der Waals surface area contributed by atoms with Crippen LogP contribution in [0, 0.1) is 0 Å². The van der Waals surface area contributed by atoms with Gasteiger partial charge in [0.15, 0.2) is 6.61 Å². The molecule has 1 amide bonds. The summed E-state index contributed by atoms with van der Waals surface area (Å²) in [7, 11) is 0. The molecule has 0 aromatic heterocycles. The van der Waals surface area contributed by atoms with E-state index < -0.39 is 5.97 Å². The minimum absolute atomic E-state index is 0.107. The normalized spacial score (nSPS) is 10.2. The highest BCUT2D eigenvalue weighted by Gasteiger charge is 2.09. The molecule has 0 atom stereocenters. The molecule has 1 N–H and O–H groups in total. The average molecular weight is 332 g/mol. The molecule has 2 aromatic carbocycles. The number of nitrogens with one attached hydrogen (secondary N) is 1. The summed E-state index contributed by atoms with van der Waals surface area (Å²) in [5.74, 6) is -0.817. The second-order valence-corrected chi connectivity index (χ2v) is 5.50. The maximum Gasteiger partial charge on any atom is 0.310 e. The third-order valence-corrected chi connectivity index (χ3v) is 3.52. The van der Waals surface area contributed by atoms with Crippen molar-refractivity contribution in [2.45, 2.75) is 19.8 Å². The second kappa shape index (κ2) is 8.34. The Morgan fingerprint density at radius 3 is 2.22 bits per heavy atom. The molecule has 0 saturated heterocycles. The average Bonchev–Trinajstić information content (AvgIpc) is 2.56. The number of hydrogen-bond donors (Lipinski definition) is 1. The predicted octanol–water partition coefficient (Wildman–Crippen LogP) is 3.63. The zero-order valence-corrected chi connectivity index (χ0v) is 13.6. The molecule has 4 nitrogen and oxygen atoms in total. The fraction of sp³-hybridized carbons (Fsp3) is 0.222. The van der Waals surface area contributed by atoms with Gasteiger partial charge in [0.2, 0.25) is 0 Å². The van der Waals surface area contributed by atoms with Crippen LogP contribution in [0.2, 0.25) is 5.02 Å². The zero-order chi connectivity index (χ0) is 16.7. The minimum atomic E-state index is -0.455. The third-order valence-electron chi connectivity index (χ3n) is 3.27. The fourth-order valence-electron chi connectivity index (χ4n) is 1.99. The van der Waals surface area contributed by atoms with Gasteiger partial charge in [0.25, 0.3) is 5.91 Å². The standard InChI is InChI=1S/C18H18ClNO3/c1-2-13-5-9-16(10-6-13)20-17(21)12-23-18(22)11-14-3-7-15(19)8-4-14/h3-10H,2,11-12H2,1H3,(H,20,21). The molecule has 2 aromatic rings. The Balaban J connectivity index is 1.76. The first-order valence-corrected chi connectivity index (χ1v) is 7.73. The summed E-state index contributed by atoms with van der Waals surface area (Å²) >= 11 is 5.78. The molecule has 0 bridgehead atoms. The number of amides is 1. The SMILES string of the molecule is CCc1ccc(NC(=O)COC(=O)Cc2ccc(Cl)cc2)cc1. The third kappa shape index (κ3) is 5.75. The van der Waals surface area contributed by atoms with Gasteiger partial charge >= 0.3 is 5.97 Å². The largest absolute Gasteiger partial charge is 0.455 e. The molecule has 0 aliphatic rings. The van der Waals surface area contributed by atoms with E-state index in [1.54, 1.807) is 24.3 Å². The van der Waals surface area contributed by atoms with E-state index in [-0.39, 0.29) is 18.9 Å². The summed E-state index contributed by atoms with van der Waals surface area (Å²) in [6.45, 7) is 1.76. The monoisotopic (exact) mass is 331 g/mol. The maximum atomic E-state index is 11.8. The molecule has 5 heteroatoms. The Morgan fingerprint density at radius 1 is 1.00 bits per heavy atom. The van der Waals surface area contributed by atoms with Crippen LogP contribution in [0.3, 0.4) is 0 Å². The number of anilines is 1. The molecule has 0 fully saturated rings. The van der Waals surface area contributed by atoms with Crippen LogP contribution in [-0.4, -0.2) is 18.5 Å². The van der Waals surface area contributed by atoms with Gasteiger partial charge in [-0.25, -0.2) is 0 Å². The van der Waals surface area contributed by atoms with E-state index in [1.807, 2.05) is 24.3 Å². The molecule has 0 spiro atoms. The minimum Gasteiger partial charge on any atom is -0.455 e. The molecule has 0 saturated carbocycles. The number of carbonyl (C=O) groups excluding carboxylic acids is 2. The van der Waals surface area contributed by atoms with Crippen molar-refractivity contribution in [1.29, 1.82) is 0 Å². The first kappa shape index (κ1) is 17.0. The van der Waals surface area contributed by atoms with Gasteiger partial charge in [-0.05, 0) is 41.8 Å². The van der Waals surface area contributed by atoms with Gasteiger partial charge in [-0.2, -0.15) is 0 Å². The van der Waals surface area contributed by atoms with Crippen molar-refractivity contribution in [2.24, 2.45) is 0 Å². The van der Waals surface area contributed by atoms with Crippen LogP contribution in [-0.2, 0) is 27.2 Å². The second-order valence-electron chi connectivity index (χ2n) is 5.06. The molecule has 2 rings (SSSR count). The highest BCUT2D eigenvalue weighted by atomic mass is 35.5. The fourth-order valence-corrected chi connectivity index (χ4v) is 2.11. The highest BCUT2D eigenvalue weighted by molar-refractivity contribution is 6.30. The smallest absolute Gasteiger partial charge is 0.310 e. The van der Waals surface area contributed by atoms with Crippen molar-refractivity contribution in [3.8, 4) is 0 Å². The number of ether oxygens (including phenoxy) is 1. The van der Waals surface area contributed by atoms with Crippen LogP contribution in [0.4, 0.5) is 5.69 Å². The van der Waals surface area contributed by atoms with Crippen LogP contribution < -0.4 is 5.32 Å². The lowest BCUT2D eigenvalue weighted by Crippen LogP contribution is -2.21. The van der Waals surface area contributed by atoms with Gasteiger partial charge < -0.3 is 10.1 Å². The van der Waals surface area contributed by atoms with Gasteiger partial charge in [-0.3, -0.25) is 9.59 Å². The Hall–Kier alpha value is -2.33. The molecule has 0 heterocycles. The molecule has 0 unspecified atom stereocenters. The summed E-state index contributed by atoms with van der Waals surface area (Å²) in [6.07, 6.45) is 1.05. The van der Waals surface area contributed by atoms with Crippen LogP contribution in [0.25, 0.3) is 0 Å². The summed E-state index contributed by atoms with van der Waals surface area (Å²) < 4.78 is 4.97. The molecular formula is C18H18ClNO3. The van der Waals surface area contributed by atoms with E-state index in [9.17, 15) is 9.59 Å². The van der Waals surface area contributed by atoms with Gasteiger partial charge in [0.1, 0.15) is 0 Å². The highest BCUT2D eigenvalue weighted by Crippen LogP contribution is 2.11. The number of carbonyl (C=O) groups is 2. The van der Waals surface area contributed by atoms with Crippen LogP contribution in [0.5, 0.6) is 0 Å². The number of esters is 1. The van der Waals surface area contributed by atoms with Gasteiger partial charge in [0.05, 0.1) is 6.42 Å². The molecule has 0 radical (unpaired) electrons. The predicted molar refractivity (Wildman–Crippen MR) is 90.6 cm³/mol. The quantitative estimate of drug-likeness (QED) is 0.822. The van der Waals surface area contributed by atoms with Crippen LogP contribution in [0.1, 0.15) is 18.1 Å². The summed E-state index contributed by atoms with van der Waals surface area (Å²) in [5.41, 5.74) is 2.66. The number of halogens is 1. The molecule has 120 valence electrons. The molecule has 23 heavy (non-hydrogen) atoms. The van der Waals surface area contributed by atoms with Crippen molar-refractivity contribution in [1.82, 2.24) is 0 Å². The molecular weight excluding hydrogens is 314 g/mol. The number of hydrogen-bond acceptors (Lipinski definition) is 3. The number of rotatable bonds is 6. The first-order chi connectivity index (χ1) is 11.1. The van der Waals surface area contributed by atoms with Crippen molar-refractivity contribution >= 4 is 29.2 Å². The lowest BCUT2D eigenvalue weighted by Gasteiger charge is -2.07. The molecule has 0 aliphatic heterocycles. The topological polar surface area (TPSA) is 55.4 Å². The number of benzene rings is 2. The first-order valence-electron chi connectivity index (χ1n) is 7.35. The van der Waals surface area contributed by atoms with Crippen molar-refractivity contribution in [2.75, 3.05) is 11.9 Å². The van der Waals surface area contributed by atoms with E-state index in [0.29, 0.717) is 10.7 Å². The summed E-state index contributed by atoms with van der Waals surface area (Å²) in [5, 5.41) is 3.29. The lowest BCUT2D eigenvalue weighted by molar-refractivity contribution is -0.146. The van der Waals surface area contributed by atoms with E-state index >= 15 is 0 Å². The van der Waals surface area contributed by atoms with Crippen molar-refractivity contribution in [3.05, 3.63) is 64.7 Å². The lowest BCUT2D eigenvalue weighted by atomic mass is 10.1. The van der Waals surface area contributed by atoms with E-state index in [0.717, 1.165) is 12.0 Å². The maximum absolute atomic E-state index is 11.8. The van der Waals surface area contributed by atoms with E-state index in [4.69, 9.17) is 16.3 Å². The van der Waals surface area contributed by atoms with E-state index in [1.165, 1.54) is 5.56 Å². The van der Waals surface area contributed by atoms with Gasteiger partial charge in [0, 0.05) is 10.7 Å². The molecule has 0 aliphatic carbocycles. The number of aryl methyl sites for hydroxylation is 1. The van der Waals surface area contributed by atoms with Crippen LogP contribution in [0.15, 0.2) is 48.5 Å². The summed E-state index contributed by atoms with van der Waals surface area (Å²) in [6, 6.07) is 14.5. The summed E-state index contributed by atoms with van der Waals surface area (Å²) in [4.78, 5) is 23.5. The van der Waals surface area contributed by atoms with Crippen molar-refractivity contribution in [3.63, 3.8) is 0 Å². The van der Waals surface area contributed by atoms with E-state index in [2.05, 4.69) is 12.2 Å². The van der Waals surface area contributed by atoms with Gasteiger partial charge in [-0.15, -0.1) is 0 Å². The van der Waals surface area contributed by atoms with Gasteiger partial charge in [-0.1, -0.05) is 42.8 Å². The zero-order valence-electron chi connectivity index (χ0n) is 12.8. The Morgan fingerprint density at radius 2 is 1.61 bits per heavy atom. The van der Waals surface area contributed by atoms with Crippen LogP contribution >= 0.6 is 11.6 Å².